The Labute approximate surface area is 137 Å². The molecular formula is C14H17FO7S. The third-order valence-electron chi connectivity index (χ3n) is 3.30. The van der Waals surface area contributed by atoms with E-state index < -0.39 is 43.1 Å². The van der Waals surface area contributed by atoms with E-state index in [0.29, 0.717) is 0 Å². The van der Waals surface area contributed by atoms with E-state index in [1.807, 2.05) is 0 Å². The number of thiocarbonyl (C=S) groups is 1. The van der Waals surface area contributed by atoms with Crippen LogP contribution in [0.3, 0.4) is 0 Å². The molecule has 0 saturated carbocycles. The third-order valence-corrected chi connectivity index (χ3v) is 3.48. The molecule has 1 saturated heterocycles. The molecule has 1 heterocycles. The van der Waals surface area contributed by atoms with Crippen molar-refractivity contribution in [3.63, 3.8) is 0 Å². The molecule has 0 aliphatic carbocycles. The lowest BCUT2D eigenvalue weighted by molar-refractivity contribution is -0.292. The highest BCUT2D eigenvalue weighted by atomic mass is 32.1. The summed E-state index contributed by atoms with van der Waals surface area (Å²) in [5.41, 5.74) is 0. The van der Waals surface area contributed by atoms with Crippen molar-refractivity contribution in [2.24, 2.45) is 0 Å². The Morgan fingerprint density at radius 2 is 1.91 bits per heavy atom. The number of benzene rings is 1. The summed E-state index contributed by atoms with van der Waals surface area (Å²) in [7, 11) is 1.30. The van der Waals surface area contributed by atoms with E-state index in [1.54, 1.807) is 0 Å². The minimum absolute atomic E-state index is 0.231. The quantitative estimate of drug-likeness (QED) is 0.652. The second-order valence-electron chi connectivity index (χ2n) is 4.83. The third kappa shape index (κ3) is 4.34. The monoisotopic (exact) mass is 348 g/mol. The van der Waals surface area contributed by atoms with Crippen molar-refractivity contribution < 1.29 is 38.7 Å². The Morgan fingerprint density at radius 3 is 2.48 bits per heavy atom. The lowest BCUT2D eigenvalue weighted by Gasteiger charge is -2.40. The predicted molar refractivity (Wildman–Crippen MR) is 79.3 cm³/mol. The van der Waals surface area contributed by atoms with Crippen LogP contribution in [0, 0.1) is 5.82 Å². The summed E-state index contributed by atoms with van der Waals surface area (Å²) >= 11 is 4.90. The van der Waals surface area contributed by atoms with Gasteiger partial charge < -0.3 is 34.3 Å². The normalized spacial score (nSPS) is 30.7. The van der Waals surface area contributed by atoms with Crippen molar-refractivity contribution in [3.05, 3.63) is 30.1 Å². The molecule has 1 aromatic carbocycles. The molecule has 1 fully saturated rings. The van der Waals surface area contributed by atoms with Crippen LogP contribution in [0.4, 0.5) is 4.39 Å². The van der Waals surface area contributed by atoms with Crippen LogP contribution >= 0.6 is 12.2 Å². The first-order chi connectivity index (χ1) is 11.0. The zero-order valence-electron chi connectivity index (χ0n) is 12.2. The summed E-state index contributed by atoms with van der Waals surface area (Å²) in [5, 5.41) is 29.0. The maximum absolute atomic E-state index is 12.8. The van der Waals surface area contributed by atoms with Gasteiger partial charge in [0.15, 0.2) is 12.4 Å². The van der Waals surface area contributed by atoms with Gasteiger partial charge in [0.25, 0.3) is 0 Å². The van der Waals surface area contributed by atoms with E-state index in [1.165, 1.54) is 31.4 Å². The molecule has 1 aromatic rings. The standard InChI is InChI=1S/C14H17FO7S/c1-19-13-11(18)12(10(17)9(6-16)21-13)22-14(23)20-8-4-2-7(15)3-5-8/h2-5,9-13,16-18H,6H2,1H3/t9-,10-,11+,12+,13+/m1/s1. The Bertz CT molecular complexity index is 510. The molecule has 0 bridgehead atoms. The minimum Gasteiger partial charge on any atom is -0.447 e. The second kappa shape index (κ2) is 7.95. The molecule has 3 N–H and O–H groups in total. The van der Waals surface area contributed by atoms with Crippen molar-refractivity contribution >= 4 is 17.5 Å². The molecule has 9 heteroatoms. The van der Waals surface area contributed by atoms with Gasteiger partial charge in [-0.15, -0.1) is 0 Å². The lowest BCUT2D eigenvalue weighted by atomic mass is 9.99. The van der Waals surface area contributed by atoms with Crippen LogP contribution in [0.1, 0.15) is 0 Å². The molecule has 0 amide bonds. The molecule has 5 atom stereocenters. The molecular weight excluding hydrogens is 331 g/mol. The number of methoxy groups -OCH3 is 1. The van der Waals surface area contributed by atoms with Crippen LogP contribution in [0.25, 0.3) is 0 Å². The van der Waals surface area contributed by atoms with Crippen LogP contribution in [-0.4, -0.2) is 65.0 Å². The van der Waals surface area contributed by atoms with Gasteiger partial charge in [-0.05, 0) is 24.3 Å². The molecule has 0 unspecified atom stereocenters. The SMILES string of the molecule is CO[C@H]1O[C@H](CO)[C@@H](O)[C@H](OC(=S)Oc2ccc(F)cc2)[C@@H]1O. The van der Waals surface area contributed by atoms with E-state index in [-0.39, 0.29) is 11.0 Å². The lowest BCUT2D eigenvalue weighted by Crippen LogP contribution is -2.60. The summed E-state index contributed by atoms with van der Waals surface area (Å²) in [6.45, 7) is -0.501. The maximum atomic E-state index is 12.8. The van der Waals surface area contributed by atoms with Crippen molar-refractivity contribution in [1.29, 1.82) is 0 Å². The van der Waals surface area contributed by atoms with Gasteiger partial charge >= 0.3 is 5.24 Å². The van der Waals surface area contributed by atoms with Crippen molar-refractivity contribution in [3.8, 4) is 5.75 Å². The number of hydrogen-bond acceptors (Lipinski definition) is 8. The highest BCUT2D eigenvalue weighted by Gasteiger charge is 2.46. The Balaban J connectivity index is 2.03. The largest absolute Gasteiger partial charge is 0.447 e. The Morgan fingerprint density at radius 1 is 1.26 bits per heavy atom. The maximum Gasteiger partial charge on any atom is 0.358 e. The van der Waals surface area contributed by atoms with Crippen molar-refractivity contribution in [1.82, 2.24) is 0 Å². The summed E-state index contributed by atoms with van der Waals surface area (Å²) in [5.74, 6) is -0.206. The van der Waals surface area contributed by atoms with Crippen LogP contribution in [0.2, 0.25) is 0 Å². The number of rotatable bonds is 4. The summed E-state index contributed by atoms with van der Waals surface area (Å²) in [6, 6.07) is 5.05. The highest BCUT2D eigenvalue weighted by Crippen LogP contribution is 2.24. The highest BCUT2D eigenvalue weighted by molar-refractivity contribution is 7.79. The molecule has 0 radical (unpaired) electrons. The number of aliphatic hydroxyl groups excluding tert-OH is 3. The first-order valence-electron chi connectivity index (χ1n) is 6.75. The van der Waals surface area contributed by atoms with Gasteiger partial charge in [0.05, 0.1) is 6.61 Å². The van der Waals surface area contributed by atoms with Gasteiger partial charge in [0.2, 0.25) is 0 Å². The zero-order valence-corrected chi connectivity index (χ0v) is 13.0. The van der Waals surface area contributed by atoms with Crippen LogP contribution in [0.5, 0.6) is 5.75 Å². The predicted octanol–water partition coefficient (Wildman–Crippen LogP) is -0.0400. The fraction of sp³-hybridized carbons (Fsp3) is 0.500. The van der Waals surface area contributed by atoms with Gasteiger partial charge in [-0.1, -0.05) is 0 Å². The van der Waals surface area contributed by atoms with Crippen molar-refractivity contribution in [2.75, 3.05) is 13.7 Å². The van der Waals surface area contributed by atoms with Crippen LogP contribution in [0.15, 0.2) is 24.3 Å². The van der Waals surface area contributed by atoms with E-state index in [4.69, 9.17) is 31.2 Å². The molecule has 23 heavy (non-hydrogen) atoms. The molecule has 1 aliphatic rings. The molecule has 128 valence electrons. The average molecular weight is 348 g/mol. The summed E-state index contributed by atoms with van der Waals surface area (Å²) < 4.78 is 33.4. The zero-order chi connectivity index (χ0) is 17.0. The Hall–Kier alpha value is -1.36. The molecule has 7 nitrogen and oxygen atoms in total. The molecule has 0 spiro atoms. The summed E-state index contributed by atoms with van der Waals surface area (Å²) in [6.07, 6.45) is -6.04. The Kier molecular flexibility index (Phi) is 6.22. The second-order valence-corrected chi connectivity index (χ2v) is 5.16. The van der Waals surface area contributed by atoms with Gasteiger partial charge in [-0.25, -0.2) is 4.39 Å². The number of halogens is 1. The van der Waals surface area contributed by atoms with Gasteiger partial charge in [0, 0.05) is 19.3 Å². The smallest absolute Gasteiger partial charge is 0.358 e. The van der Waals surface area contributed by atoms with E-state index in [0.717, 1.165) is 0 Å². The summed E-state index contributed by atoms with van der Waals surface area (Å²) in [4.78, 5) is 0. The first-order valence-corrected chi connectivity index (χ1v) is 7.16. The molecule has 0 aromatic heterocycles. The van der Waals surface area contributed by atoms with Crippen molar-refractivity contribution in [2.45, 2.75) is 30.7 Å². The fourth-order valence-corrected chi connectivity index (χ4v) is 2.33. The minimum atomic E-state index is -1.35. The van der Waals surface area contributed by atoms with Gasteiger partial charge in [0.1, 0.15) is 29.9 Å². The number of hydrogen-bond donors (Lipinski definition) is 3. The number of ether oxygens (including phenoxy) is 4. The fourth-order valence-electron chi connectivity index (χ4n) is 2.12. The van der Waals surface area contributed by atoms with Crippen LogP contribution in [-0.2, 0) is 14.2 Å². The molecule has 1 aliphatic heterocycles. The molecule has 2 rings (SSSR count). The van der Waals surface area contributed by atoms with Gasteiger partial charge in [-0.3, -0.25) is 0 Å². The topological polar surface area (TPSA) is 97.6 Å². The van der Waals surface area contributed by atoms with E-state index >= 15 is 0 Å². The van der Waals surface area contributed by atoms with E-state index in [2.05, 4.69) is 0 Å². The number of aliphatic hydroxyl groups is 3. The van der Waals surface area contributed by atoms with E-state index in [9.17, 15) is 19.7 Å². The average Bonchev–Trinajstić information content (AvgIpc) is 2.54. The van der Waals surface area contributed by atoms with Crippen LogP contribution < -0.4 is 4.74 Å². The van der Waals surface area contributed by atoms with Gasteiger partial charge in [-0.2, -0.15) is 0 Å². The first kappa shape index (κ1) is 18.0.